The van der Waals surface area contributed by atoms with Gasteiger partial charge in [-0.2, -0.15) is 5.10 Å². The van der Waals surface area contributed by atoms with Crippen LogP contribution in [0.5, 0.6) is 5.75 Å². The first-order valence-electron chi connectivity index (χ1n) is 10.1. The van der Waals surface area contributed by atoms with Crippen molar-refractivity contribution in [2.45, 2.75) is 32.6 Å². The van der Waals surface area contributed by atoms with Crippen molar-refractivity contribution in [3.05, 3.63) is 58.3 Å². The molecule has 29 heavy (non-hydrogen) atoms. The number of allylic oxidation sites excluding steroid dienone is 2. The van der Waals surface area contributed by atoms with Crippen molar-refractivity contribution >= 4 is 28.3 Å². The van der Waals surface area contributed by atoms with E-state index in [0.717, 1.165) is 77.3 Å². The number of benzene rings is 1. The summed E-state index contributed by atoms with van der Waals surface area (Å²) in [6.45, 7) is 3.79. The number of nitrogens with zero attached hydrogens (tertiary/aromatic N) is 3. The van der Waals surface area contributed by atoms with E-state index in [1.54, 1.807) is 6.07 Å². The van der Waals surface area contributed by atoms with E-state index in [1.807, 2.05) is 24.4 Å². The zero-order chi connectivity index (χ0) is 20.0. The van der Waals surface area contributed by atoms with Gasteiger partial charge in [0, 0.05) is 23.7 Å². The number of rotatable bonds is 3. The quantitative estimate of drug-likeness (QED) is 0.618. The van der Waals surface area contributed by atoms with Crippen molar-refractivity contribution in [3.8, 4) is 17.0 Å². The van der Waals surface area contributed by atoms with E-state index in [-0.39, 0.29) is 5.75 Å². The molecule has 0 amide bonds. The maximum absolute atomic E-state index is 9.88. The predicted octanol–water partition coefficient (Wildman–Crippen LogP) is 5.32. The Kier molecular flexibility index (Phi) is 4.55. The summed E-state index contributed by atoms with van der Waals surface area (Å²) < 4.78 is 0. The molecule has 0 spiro atoms. The van der Waals surface area contributed by atoms with Crippen molar-refractivity contribution in [2.24, 2.45) is 0 Å². The van der Waals surface area contributed by atoms with Crippen LogP contribution in [0.4, 0.5) is 5.82 Å². The van der Waals surface area contributed by atoms with Crippen LogP contribution in [0.2, 0.25) is 0 Å². The number of hydrogen-bond donors (Lipinski definition) is 2. The van der Waals surface area contributed by atoms with Crippen LogP contribution in [0, 0.1) is 0 Å². The van der Waals surface area contributed by atoms with Gasteiger partial charge in [0.15, 0.2) is 0 Å². The van der Waals surface area contributed by atoms with Crippen molar-refractivity contribution in [3.63, 3.8) is 0 Å². The van der Waals surface area contributed by atoms with Crippen molar-refractivity contribution in [1.82, 2.24) is 15.2 Å². The highest BCUT2D eigenvalue weighted by Crippen LogP contribution is 2.38. The van der Waals surface area contributed by atoms with E-state index in [0.29, 0.717) is 0 Å². The minimum absolute atomic E-state index is 0.282. The van der Waals surface area contributed by atoms with Gasteiger partial charge >= 0.3 is 0 Å². The lowest BCUT2D eigenvalue weighted by Gasteiger charge is -2.34. The Labute approximate surface area is 174 Å². The molecule has 5 nitrogen and oxygen atoms in total. The fourth-order valence-corrected chi connectivity index (χ4v) is 4.74. The lowest BCUT2D eigenvalue weighted by atomic mass is 9.91. The second kappa shape index (κ2) is 7.23. The Bertz CT molecular complexity index is 1160. The normalized spacial score (nSPS) is 16.9. The molecule has 1 aromatic carbocycles. The number of aryl methyl sites for hydroxylation is 1. The average molecular weight is 407 g/mol. The molecule has 3 heterocycles. The van der Waals surface area contributed by atoms with Crippen LogP contribution >= 0.6 is 11.6 Å². The summed E-state index contributed by atoms with van der Waals surface area (Å²) in [6, 6.07) is 7.53. The third-order valence-corrected chi connectivity index (χ3v) is 6.34. The molecule has 0 bridgehead atoms. The lowest BCUT2D eigenvalue weighted by Crippen LogP contribution is -2.34. The number of aromatic nitrogens is 3. The number of anilines is 1. The molecule has 0 unspecified atom stereocenters. The monoisotopic (exact) mass is 406 g/mol. The summed E-state index contributed by atoms with van der Waals surface area (Å²) >= 11 is 6.48. The Hall–Kier alpha value is -2.79. The van der Waals surface area contributed by atoms with Crippen LogP contribution in [-0.2, 0) is 6.42 Å². The zero-order valence-electron chi connectivity index (χ0n) is 16.4. The Balaban J connectivity index is 1.60. The molecule has 2 aromatic heterocycles. The largest absolute Gasteiger partial charge is 0.508 e. The lowest BCUT2D eigenvalue weighted by molar-refractivity contribution is 0.474. The number of phenolic OH excluding ortho intramolecular Hbond substituents is 1. The number of nitrogens with one attached hydrogen (secondary N) is 1. The molecule has 0 saturated carbocycles. The van der Waals surface area contributed by atoms with E-state index in [2.05, 4.69) is 28.1 Å². The third kappa shape index (κ3) is 3.19. The summed E-state index contributed by atoms with van der Waals surface area (Å²) in [5.41, 5.74) is 6.63. The average Bonchev–Trinajstić information content (AvgIpc) is 3.21. The molecule has 5 rings (SSSR count). The maximum Gasteiger partial charge on any atom is 0.140 e. The summed E-state index contributed by atoms with van der Waals surface area (Å²) in [5, 5.41) is 19.3. The summed E-state index contributed by atoms with van der Waals surface area (Å²) in [5.74, 6) is 1.23. The van der Waals surface area contributed by atoms with E-state index in [1.165, 1.54) is 11.1 Å². The first-order chi connectivity index (χ1) is 14.1. The molecular weight excluding hydrogens is 384 g/mol. The molecule has 0 atom stereocenters. The summed E-state index contributed by atoms with van der Waals surface area (Å²) in [6.07, 6.45) is 7.90. The molecule has 1 aliphatic heterocycles. The van der Waals surface area contributed by atoms with Gasteiger partial charge in [-0.25, -0.2) is 4.98 Å². The topological polar surface area (TPSA) is 65.0 Å². The van der Waals surface area contributed by atoms with Crippen molar-refractivity contribution < 1.29 is 5.11 Å². The van der Waals surface area contributed by atoms with Gasteiger partial charge in [0.05, 0.1) is 22.8 Å². The van der Waals surface area contributed by atoms with Crippen LogP contribution in [0.25, 0.3) is 22.2 Å². The van der Waals surface area contributed by atoms with E-state index < -0.39 is 0 Å². The van der Waals surface area contributed by atoms with E-state index >= 15 is 0 Å². The Morgan fingerprint density at radius 1 is 1.24 bits per heavy atom. The van der Waals surface area contributed by atoms with Gasteiger partial charge < -0.3 is 10.0 Å². The van der Waals surface area contributed by atoms with E-state index in [9.17, 15) is 5.11 Å². The van der Waals surface area contributed by atoms with Gasteiger partial charge in [0.1, 0.15) is 11.6 Å². The molecule has 1 fully saturated rings. The minimum Gasteiger partial charge on any atom is -0.508 e. The summed E-state index contributed by atoms with van der Waals surface area (Å²) in [7, 11) is 0. The van der Waals surface area contributed by atoms with Crippen LogP contribution in [0.15, 0.2) is 52.7 Å². The van der Waals surface area contributed by atoms with Gasteiger partial charge in [0.25, 0.3) is 0 Å². The van der Waals surface area contributed by atoms with Crippen LogP contribution < -0.4 is 4.90 Å². The highest BCUT2D eigenvalue weighted by molar-refractivity contribution is 6.30. The molecule has 148 valence electrons. The fourth-order valence-electron chi connectivity index (χ4n) is 4.42. The molecule has 1 aliphatic carbocycles. The Morgan fingerprint density at radius 3 is 3.00 bits per heavy atom. The smallest absolute Gasteiger partial charge is 0.140 e. The number of piperidine rings is 1. The van der Waals surface area contributed by atoms with Crippen molar-refractivity contribution in [1.29, 1.82) is 0 Å². The second-order valence-corrected chi connectivity index (χ2v) is 8.14. The maximum atomic E-state index is 9.88. The zero-order valence-corrected chi connectivity index (χ0v) is 17.1. The van der Waals surface area contributed by atoms with Crippen molar-refractivity contribution in [2.75, 3.05) is 18.0 Å². The molecular formula is C23H23ClN4O. The van der Waals surface area contributed by atoms with Crippen LogP contribution in [-0.4, -0.2) is 33.4 Å². The van der Waals surface area contributed by atoms with Crippen LogP contribution in [0.3, 0.4) is 0 Å². The second-order valence-electron chi connectivity index (χ2n) is 7.68. The molecule has 0 radical (unpaired) electrons. The Morgan fingerprint density at radius 2 is 2.14 bits per heavy atom. The minimum atomic E-state index is 0.282. The van der Waals surface area contributed by atoms with Gasteiger partial charge in [-0.1, -0.05) is 24.6 Å². The van der Waals surface area contributed by atoms with E-state index in [4.69, 9.17) is 16.6 Å². The van der Waals surface area contributed by atoms with Gasteiger partial charge in [0.2, 0.25) is 0 Å². The number of fused-ring (bicyclic) bond motifs is 2. The van der Waals surface area contributed by atoms with Gasteiger partial charge in [-0.15, -0.1) is 0 Å². The third-order valence-electron chi connectivity index (χ3n) is 5.92. The first-order valence-corrected chi connectivity index (χ1v) is 10.5. The van der Waals surface area contributed by atoms with Gasteiger partial charge in [-0.3, -0.25) is 5.10 Å². The number of aromatic hydroxyl groups is 1. The van der Waals surface area contributed by atoms with Gasteiger partial charge in [-0.05, 0) is 66.7 Å². The molecule has 2 N–H and O–H groups in total. The molecule has 2 aliphatic rings. The first kappa shape index (κ1) is 18.3. The summed E-state index contributed by atoms with van der Waals surface area (Å²) in [4.78, 5) is 7.40. The molecule has 1 saturated heterocycles. The number of H-pyrrole nitrogens is 1. The molecule has 6 heteroatoms. The molecule has 3 aromatic rings. The highest BCUT2D eigenvalue weighted by Gasteiger charge is 2.26. The highest BCUT2D eigenvalue weighted by atomic mass is 35.5. The standard InChI is InChI=1S/C23H23ClN4O/c1-2-14-10-16(29)6-7-18(14)21-11-22-19(12-25-27-22)23(26-21)28-9-8-17-15(13-28)4-3-5-20(17)24/h4,6-7,10-12,29H,2-3,5,8-9,13H2,1H3,(H,25,27). The predicted molar refractivity (Wildman–Crippen MR) is 117 cm³/mol. The number of hydrogen-bond acceptors (Lipinski definition) is 4. The number of aromatic amines is 1. The SMILES string of the molecule is CCc1cc(O)ccc1-c1cc2[nH]ncc2c(N2CCC3=C(Cl)CCC=C3C2)n1. The number of phenols is 1. The fraction of sp³-hybridized carbons (Fsp3) is 0.304. The van der Waals surface area contributed by atoms with Crippen LogP contribution in [0.1, 0.15) is 31.7 Å². The number of halogens is 1. The number of pyridine rings is 1.